The van der Waals surface area contributed by atoms with E-state index in [2.05, 4.69) is 0 Å². The number of hydrogen-bond acceptors (Lipinski definition) is 4. The molecule has 0 radical (unpaired) electrons. The van der Waals surface area contributed by atoms with Crippen LogP contribution in [-0.2, 0) is 20.7 Å². The number of amides is 1. The third-order valence-corrected chi connectivity index (χ3v) is 3.08. The number of carbonyl (C=O) groups is 2. The molecule has 0 bridgehead atoms. The average molecular weight is 323 g/mol. The van der Waals surface area contributed by atoms with Crippen LogP contribution in [0.2, 0.25) is 0 Å². The summed E-state index contributed by atoms with van der Waals surface area (Å²) in [6.45, 7) is 5.12. The minimum Gasteiger partial charge on any atom is -0.480 e. The normalized spacial score (nSPS) is 12.5. The van der Waals surface area contributed by atoms with E-state index in [-0.39, 0.29) is 12.6 Å². The number of benzene rings is 1. The van der Waals surface area contributed by atoms with Gasteiger partial charge in [0.2, 0.25) is 0 Å². The molecule has 1 rings (SSSR count). The van der Waals surface area contributed by atoms with Crippen molar-refractivity contribution >= 4 is 12.1 Å². The molecule has 0 aliphatic carbocycles. The predicted molar refractivity (Wildman–Crippen MR) is 86.4 cm³/mol. The van der Waals surface area contributed by atoms with Crippen molar-refractivity contribution in [1.82, 2.24) is 4.90 Å². The Hall–Kier alpha value is -2.08. The summed E-state index contributed by atoms with van der Waals surface area (Å²) in [7, 11) is 1.63. The fraction of sp³-hybridized carbons (Fsp3) is 0.529. The molecule has 1 atom stereocenters. The number of ether oxygens (including phenoxy) is 2. The van der Waals surface area contributed by atoms with E-state index in [1.807, 2.05) is 30.3 Å². The van der Waals surface area contributed by atoms with Crippen molar-refractivity contribution in [2.75, 3.05) is 20.3 Å². The van der Waals surface area contributed by atoms with Crippen LogP contribution in [0.5, 0.6) is 0 Å². The summed E-state index contributed by atoms with van der Waals surface area (Å²) < 4.78 is 10.5. The van der Waals surface area contributed by atoms with Crippen molar-refractivity contribution in [3.05, 3.63) is 35.9 Å². The second-order valence-corrected chi connectivity index (χ2v) is 6.34. The molecule has 1 unspecified atom stereocenters. The summed E-state index contributed by atoms with van der Waals surface area (Å²) in [4.78, 5) is 24.3. The van der Waals surface area contributed by atoms with Crippen molar-refractivity contribution in [1.29, 1.82) is 0 Å². The average Bonchev–Trinajstić information content (AvgIpc) is 2.44. The molecule has 1 aromatic rings. The van der Waals surface area contributed by atoms with E-state index in [1.54, 1.807) is 27.8 Å². The Morgan fingerprint density at radius 1 is 1.22 bits per heavy atom. The lowest BCUT2D eigenvalue weighted by atomic mass is 10.1. The number of carbonyl (C=O) groups excluding carboxylic acids is 1. The minimum absolute atomic E-state index is 0.122. The van der Waals surface area contributed by atoms with Crippen LogP contribution in [0.25, 0.3) is 0 Å². The Labute approximate surface area is 137 Å². The van der Waals surface area contributed by atoms with Crippen LogP contribution in [0, 0.1) is 0 Å². The molecule has 0 aromatic heterocycles. The van der Waals surface area contributed by atoms with Gasteiger partial charge in [-0.05, 0) is 32.8 Å². The van der Waals surface area contributed by atoms with E-state index in [4.69, 9.17) is 14.6 Å². The van der Waals surface area contributed by atoms with Crippen LogP contribution < -0.4 is 0 Å². The van der Waals surface area contributed by atoms with Crippen molar-refractivity contribution < 1.29 is 24.2 Å². The molecule has 6 heteroatoms. The molecule has 128 valence electrons. The zero-order valence-corrected chi connectivity index (χ0v) is 14.1. The zero-order valence-electron chi connectivity index (χ0n) is 14.1. The Morgan fingerprint density at radius 2 is 1.83 bits per heavy atom. The molecule has 0 aliphatic heterocycles. The van der Waals surface area contributed by atoms with E-state index in [1.165, 1.54) is 4.90 Å². The van der Waals surface area contributed by atoms with E-state index < -0.39 is 24.3 Å². The number of carboxylic acid groups (broad SMARTS) is 1. The first-order chi connectivity index (χ1) is 10.7. The second-order valence-electron chi connectivity index (χ2n) is 6.34. The van der Waals surface area contributed by atoms with Gasteiger partial charge < -0.3 is 19.5 Å². The largest absolute Gasteiger partial charge is 0.480 e. The third kappa shape index (κ3) is 7.65. The molecular formula is C17H25NO5. The van der Waals surface area contributed by atoms with Gasteiger partial charge in [-0.2, -0.15) is 0 Å². The van der Waals surface area contributed by atoms with Crippen molar-refractivity contribution in [3.8, 4) is 0 Å². The Balaban J connectivity index is 2.76. The summed E-state index contributed by atoms with van der Waals surface area (Å²) in [5, 5.41) is 8.69. The summed E-state index contributed by atoms with van der Waals surface area (Å²) in [6.07, 6.45) is 0.0910. The van der Waals surface area contributed by atoms with Crippen LogP contribution >= 0.6 is 0 Å². The maximum absolute atomic E-state index is 12.2. The first-order valence-corrected chi connectivity index (χ1v) is 7.48. The fourth-order valence-corrected chi connectivity index (χ4v) is 1.96. The monoisotopic (exact) mass is 323 g/mol. The van der Waals surface area contributed by atoms with Gasteiger partial charge in [0.15, 0.2) is 0 Å². The topological polar surface area (TPSA) is 76.1 Å². The first kappa shape index (κ1) is 19.0. The quantitative estimate of drug-likeness (QED) is 0.834. The van der Waals surface area contributed by atoms with Crippen LogP contribution in [0.4, 0.5) is 4.79 Å². The van der Waals surface area contributed by atoms with Crippen molar-refractivity contribution in [2.24, 2.45) is 0 Å². The van der Waals surface area contributed by atoms with E-state index >= 15 is 0 Å². The summed E-state index contributed by atoms with van der Waals surface area (Å²) in [6, 6.07) is 9.33. The summed E-state index contributed by atoms with van der Waals surface area (Å²) in [5.41, 5.74) is 0.441. The number of likely N-dealkylation sites (N-methyl/N-ethyl adjacent to an activating group) is 1. The molecule has 0 saturated carbocycles. The van der Waals surface area contributed by atoms with Gasteiger partial charge in [-0.3, -0.25) is 0 Å². The maximum atomic E-state index is 12.2. The first-order valence-electron chi connectivity index (χ1n) is 7.48. The highest BCUT2D eigenvalue weighted by Crippen LogP contribution is 2.14. The summed E-state index contributed by atoms with van der Waals surface area (Å²) >= 11 is 0. The van der Waals surface area contributed by atoms with Gasteiger partial charge in [-0.1, -0.05) is 30.3 Å². The molecule has 0 heterocycles. The molecule has 0 spiro atoms. The number of hydrogen-bond donors (Lipinski definition) is 1. The lowest BCUT2D eigenvalue weighted by Gasteiger charge is -2.30. The number of aliphatic carboxylic acids is 1. The van der Waals surface area contributed by atoms with Crippen LogP contribution in [0.3, 0.4) is 0 Å². The highest BCUT2D eigenvalue weighted by Gasteiger charge is 2.26. The van der Waals surface area contributed by atoms with E-state index in [0.29, 0.717) is 6.42 Å². The molecule has 6 nitrogen and oxygen atoms in total. The van der Waals surface area contributed by atoms with Gasteiger partial charge in [-0.15, -0.1) is 0 Å². The van der Waals surface area contributed by atoms with Crippen molar-refractivity contribution in [3.63, 3.8) is 0 Å². The Bertz CT molecular complexity index is 509. The summed E-state index contributed by atoms with van der Waals surface area (Å²) in [5.74, 6) is -1.04. The molecular weight excluding hydrogens is 298 g/mol. The molecule has 1 N–H and O–H groups in total. The molecule has 1 amide bonds. The van der Waals surface area contributed by atoms with Crippen molar-refractivity contribution in [2.45, 2.75) is 38.8 Å². The SMILES string of the molecule is CN(C(=O)OC(C)(C)C)C(COCC(=O)O)Cc1ccccc1. The van der Waals surface area contributed by atoms with E-state index in [0.717, 1.165) is 5.56 Å². The van der Waals surface area contributed by atoms with Gasteiger partial charge >= 0.3 is 12.1 Å². The Morgan fingerprint density at radius 3 is 2.35 bits per heavy atom. The van der Waals surface area contributed by atoms with Crippen LogP contribution in [0.15, 0.2) is 30.3 Å². The van der Waals surface area contributed by atoms with Gasteiger partial charge in [0.25, 0.3) is 0 Å². The highest BCUT2D eigenvalue weighted by molar-refractivity contribution is 5.68. The standard InChI is InChI=1S/C17H25NO5/c1-17(2,3)23-16(21)18(4)14(11-22-12-15(19)20)10-13-8-6-5-7-9-13/h5-9,14H,10-12H2,1-4H3,(H,19,20). The molecule has 0 saturated heterocycles. The second kappa shape index (κ2) is 8.53. The van der Waals surface area contributed by atoms with Gasteiger partial charge in [-0.25, -0.2) is 9.59 Å². The molecule has 23 heavy (non-hydrogen) atoms. The fourth-order valence-electron chi connectivity index (χ4n) is 1.96. The predicted octanol–water partition coefficient (Wildman–Crippen LogP) is 2.57. The van der Waals surface area contributed by atoms with Gasteiger partial charge in [0, 0.05) is 7.05 Å². The molecule has 0 fully saturated rings. The van der Waals surface area contributed by atoms with Gasteiger partial charge in [0.1, 0.15) is 12.2 Å². The Kier molecular flexibility index (Phi) is 7.03. The van der Waals surface area contributed by atoms with Gasteiger partial charge in [0.05, 0.1) is 12.6 Å². The number of nitrogens with zero attached hydrogens (tertiary/aromatic N) is 1. The minimum atomic E-state index is -1.04. The third-order valence-electron chi connectivity index (χ3n) is 3.08. The van der Waals surface area contributed by atoms with Crippen LogP contribution in [-0.4, -0.2) is 54.0 Å². The number of rotatable bonds is 7. The van der Waals surface area contributed by atoms with Crippen LogP contribution in [0.1, 0.15) is 26.3 Å². The van der Waals surface area contributed by atoms with E-state index in [9.17, 15) is 9.59 Å². The lowest BCUT2D eigenvalue weighted by Crippen LogP contribution is -2.44. The zero-order chi connectivity index (χ0) is 17.5. The lowest BCUT2D eigenvalue weighted by molar-refractivity contribution is -0.142. The highest BCUT2D eigenvalue weighted by atomic mass is 16.6. The number of carboxylic acids is 1. The maximum Gasteiger partial charge on any atom is 0.410 e. The smallest absolute Gasteiger partial charge is 0.410 e. The molecule has 0 aliphatic rings. The molecule has 1 aromatic carbocycles.